The number of hydrogen-bond donors (Lipinski definition) is 3. The van der Waals surface area contributed by atoms with E-state index < -0.39 is 0 Å². The van der Waals surface area contributed by atoms with Crippen molar-refractivity contribution in [3.8, 4) is 0 Å². The number of aromatic nitrogens is 2. The predicted molar refractivity (Wildman–Crippen MR) is 68.9 cm³/mol. The molecule has 0 atom stereocenters. The molecule has 0 aromatic carbocycles. The molecule has 1 saturated carbocycles. The Morgan fingerprint density at radius 3 is 2.88 bits per heavy atom. The Bertz CT molecular complexity index is 378. The smallest absolute Gasteiger partial charge is 0.191 e. The third kappa shape index (κ3) is 3.22. The minimum atomic E-state index is 0.757. The minimum absolute atomic E-state index is 0.757. The van der Waals surface area contributed by atoms with Gasteiger partial charge in [0.05, 0.1) is 6.20 Å². The van der Waals surface area contributed by atoms with Crippen molar-refractivity contribution in [1.29, 1.82) is 0 Å². The Hall–Kier alpha value is -1.52. The molecule has 1 heterocycles. The van der Waals surface area contributed by atoms with Crippen molar-refractivity contribution in [3.05, 3.63) is 17.5 Å². The minimum Gasteiger partial charge on any atom is -0.356 e. The first kappa shape index (κ1) is 12.0. The largest absolute Gasteiger partial charge is 0.356 e. The van der Waals surface area contributed by atoms with Gasteiger partial charge in [0.2, 0.25) is 0 Å². The molecule has 1 aliphatic carbocycles. The summed E-state index contributed by atoms with van der Waals surface area (Å²) in [5.41, 5.74) is 2.28. The van der Waals surface area contributed by atoms with Crippen LogP contribution in [-0.4, -0.2) is 29.7 Å². The molecule has 0 saturated heterocycles. The number of hydrogen-bond acceptors (Lipinski definition) is 2. The highest BCUT2D eigenvalue weighted by Crippen LogP contribution is 2.24. The van der Waals surface area contributed by atoms with Crippen LogP contribution in [0, 0.1) is 12.8 Å². The molecule has 5 heteroatoms. The molecular formula is C12H21N5. The van der Waals surface area contributed by atoms with Crippen LogP contribution in [0.2, 0.25) is 0 Å². The summed E-state index contributed by atoms with van der Waals surface area (Å²) in [6, 6.07) is 0. The highest BCUT2D eigenvalue weighted by molar-refractivity contribution is 5.79. The van der Waals surface area contributed by atoms with Crippen LogP contribution in [-0.2, 0) is 6.54 Å². The molecule has 5 nitrogen and oxygen atoms in total. The summed E-state index contributed by atoms with van der Waals surface area (Å²) in [6.07, 6.45) is 5.93. The average molecular weight is 235 g/mol. The molecule has 0 spiro atoms. The summed E-state index contributed by atoms with van der Waals surface area (Å²) in [5, 5.41) is 13.6. The quantitative estimate of drug-likeness (QED) is 0.542. The number of H-pyrrole nitrogens is 1. The number of aliphatic imine (C=N–C) groups is 1. The van der Waals surface area contributed by atoms with E-state index in [0.717, 1.165) is 30.7 Å². The molecule has 17 heavy (non-hydrogen) atoms. The van der Waals surface area contributed by atoms with Crippen molar-refractivity contribution in [2.24, 2.45) is 10.9 Å². The molecule has 3 N–H and O–H groups in total. The van der Waals surface area contributed by atoms with E-state index in [2.05, 4.69) is 25.8 Å². The Morgan fingerprint density at radius 1 is 1.53 bits per heavy atom. The van der Waals surface area contributed by atoms with Crippen molar-refractivity contribution in [1.82, 2.24) is 20.8 Å². The maximum absolute atomic E-state index is 4.21. The van der Waals surface area contributed by atoms with E-state index in [0.29, 0.717) is 0 Å². The van der Waals surface area contributed by atoms with Gasteiger partial charge in [-0.05, 0) is 25.7 Å². The van der Waals surface area contributed by atoms with Gasteiger partial charge in [0.1, 0.15) is 0 Å². The third-order valence-corrected chi connectivity index (χ3v) is 3.39. The maximum atomic E-state index is 4.21. The molecule has 1 aliphatic rings. The molecule has 2 rings (SSSR count). The zero-order chi connectivity index (χ0) is 12.1. The topological polar surface area (TPSA) is 65.1 Å². The lowest BCUT2D eigenvalue weighted by Crippen LogP contribution is -2.40. The lowest BCUT2D eigenvalue weighted by molar-refractivity contribution is 0.314. The van der Waals surface area contributed by atoms with Gasteiger partial charge in [-0.3, -0.25) is 10.1 Å². The lowest BCUT2D eigenvalue weighted by atomic mass is 9.85. The molecule has 0 radical (unpaired) electrons. The average Bonchev–Trinajstić information content (AvgIpc) is 2.67. The van der Waals surface area contributed by atoms with Gasteiger partial charge in [-0.15, -0.1) is 0 Å². The monoisotopic (exact) mass is 235 g/mol. The van der Waals surface area contributed by atoms with Crippen molar-refractivity contribution < 1.29 is 0 Å². The van der Waals surface area contributed by atoms with Gasteiger partial charge in [0.25, 0.3) is 0 Å². The molecule has 1 fully saturated rings. The second kappa shape index (κ2) is 5.70. The summed E-state index contributed by atoms with van der Waals surface area (Å²) in [5.74, 6) is 1.71. The van der Waals surface area contributed by atoms with E-state index in [1.807, 2.05) is 13.1 Å². The van der Waals surface area contributed by atoms with Crippen LogP contribution in [0.5, 0.6) is 0 Å². The summed E-state index contributed by atoms with van der Waals surface area (Å²) in [4.78, 5) is 4.21. The normalized spacial score (nSPS) is 16.7. The van der Waals surface area contributed by atoms with Gasteiger partial charge in [0.15, 0.2) is 5.96 Å². The molecule has 1 aromatic rings. The Labute approximate surface area is 102 Å². The number of aromatic amines is 1. The molecule has 94 valence electrons. The van der Waals surface area contributed by atoms with Crippen LogP contribution in [0.1, 0.15) is 30.5 Å². The fraction of sp³-hybridized carbons (Fsp3) is 0.667. The molecular weight excluding hydrogens is 214 g/mol. The fourth-order valence-electron chi connectivity index (χ4n) is 1.89. The third-order valence-electron chi connectivity index (χ3n) is 3.39. The zero-order valence-electron chi connectivity index (χ0n) is 10.6. The lowest BCUT2D eigenvalue weighted by Gasteiger charge is -2.26. The summed E-state index contributed by atoms with van der Waals surface area (Å²) in [6.45, 7) is 3.81. The van der Waals surface area contributed by atoms with Crippen molar-refractivity contribution >= 4 is 5.96 Å². The van der Waals surface area contributed by atoms with Crippen LogP contribution in [0.25, 0.3) is 0 Å². The predicted octanol–water partition coefficient (Wildman–Crippen LogP) is 1.18. The molecule has 0 bridgehead atoms. The van der Waals surface area contributed by atoms with Gasteiger partial charge in [0, 0.05) is 31.4 Å². The van der Waals surface area contributed by atoms with Gasteiger partial charge in [-0.25, -0.2) is 0 Å². The van der Waals surface area contributed by atoms with Crippen molar-refractivity contribution in [2.45, 2.75) is 32.7 Å². The zero-order valence-corrected chi connectivity index (χ0v) is 10.6. The first-order chi connectivity index (χ1) is 8.29. The first-order valence-electron chi connectivity index (χ1n) is 6.23. The van der Waals surface area contributed by atoms with E-state index >= 15 is 0 Å². The SMILES string of the molecule is CN=C(NCc1cn[nH]c1C)NCC1CCC1. The molecule has 0 unspecified atom stereocenters. The van der Waals surface area contributed by atoms with E-state index in [-0.39, 0.29) is 0 Å². The van der Waals surface area contributed by atoms with Gasteiger partial charge >= 0.3 is 0 Å². The van der Waals surface area contributed by atoms with E-state index in [1.54, 1.807) is 7.05 Å². The highest BCUT2D eigenvalue weighted by Gasteiger charge is 2.17. The molecule has 0 aliphatic heterocycles. The van der Waals surface area contributed by atoms with Crippen LogP contribution in [0.4, 0.5) is 0 Å². The van der Waals surface area contributed by atoms with Crippen LogP contribution < -0.4 is 10.6 Å². The number of nitrogens with zero attached hydrogens (tertiary/aromatic N) is 2. The van der Waals surface area contributed by atoms with Gasteiger partial charge in [-0.1, -0.05) is 6.42 Å². The van der Waals surface area contributed by atoms with Gasteiger partial charge < -0.3 is 10.6 Å². The fourth-order valence-corrected chi connectivity index (χ4v) is 1.89. The summed E-state index contributed by atoms with van der Waals surface area (Å²) < 4.78 is 0. The van der Waals surface area contributed by atoms with Crippen molar-refractivity contribution in [2.75, 3.05) is 13.6 Å². The highest BCUT2D eigenvalue weighted by atomic mass is 15.2. The second-order valence-electron chi connectivity index (χ2n) is 4.62. The maximum Gasteiger partial charge on any atom is 0.191 e. The standard InChI is InChI=1S/C12H21N5/c1-9-11(8-16-17-9)7-15-12(13-2)14-6-10-4-3-5-10/h8,10H,3-7H2,1-2H3,(H,16,17)(H2,13,14,15). The first-order valence-corrected chi connectivity index (χ1v) is 6.23. The van der Waals surface area contributed by atoms with Gasteiger partial charge in [-0.2, -0.15) is 5.10 Å². The summed E-state index contributed by atoms with van der Waals surface area (Å²) >= 11 is 0. The van der Waals surface area contributed by atoms with Crippen molar-refractivity contribution in [3.63, 3.8) is 0 Å². The molecule has 1 aromatic heterocycles. The second-order valence-corrected chi connectivity index (χ2v) is 4.62. The van der Waals surface area contributed by atoms with Crippen LogP contribution >= 0.6 is 0 Å². The van der Waals surface area contributed by atoms with E-state index in [4.69, 9.17) is 0 Å². The van der Waals surface area contributed by atoms with Crippen LogP contribution in [0.15, 0.2) is 11.2 Å². The van der Waals surface area contributed by atoms with E-state index in [1.165, 1.54) is 24.8 Å². The number of rotatable bonds is 4. The van der Waals surface area contributed by atoms with Crippen LogP contribution in [0.3, 0.4) is 0 Å². The van der Waals surface area contributed by atoms with E-state index in [9.17, 15) is 0 Å². The Balaban J connectivity index is 1.73. The number of nitrogens with one attached hydrogen (secondary N) is 3. The molecule has 0 amide bonds. The summed E-state index contributed by atoms with van der Waals surface area (Å²) in [7, 11) is 1.80. The number of aryl methyl sites for hydroxylation is 1. The Kier molecular flexibility index (Phi) is 4.01. The number of guanidine groups is 1. The Morgan fingerprint density at radius 2 is 2.35 bits per heavy atom.